The number of aromatic nitrogens is 1. The van der Waals surface area contributed by atoms with Crippen LogP contribution in [0.3, 0.4) is 0 Å². The monoisotopic (exact) mass is 421 g/mol. The van der Waals surface area contributed by atoms with Gasteiger partial charge in [-0.15, -0.1) is 0 Å². The summed E-state index contributed by atoms with van der Waals surface area (Å²) in [5.41, 5.74) is 14.4. The zero-order valence-corrected chi connectivity index (χ0v) is 17.6. The van der Waals surface area contributed by atoms with Gasteiger partial charge in [0.15, 0.2) is 0 Å². The number of hydrogen-bond acceptors (Lipinski definition) is 4. The molecular weight excluding hydrogens is 394 g/mol. The molecule has 0 radical (unpaired) electrons. The minimum atomic E-state index is -0.793. The number of ether oxygens (including phenoxy) is 1. The molecule has 6 N–H and O–H groups in total. The van der Waals surface area contributed by atoms with E-state index in [1.165, 1.54) is 5.56 Å². The maximum atomic E-state index is 11.8. The fourth-order valence-corrected chi connectivity index (χ4v) is 3.28. The third-order valence-electron chi connectivity index (χ3n) is 4.78. The van der Waals surface area contributed by atoms with E-state index in [0.717, 1.165) is 24.2 Å². The molecule has 0 saturated carbocycles. The highest BCUT2D eigenvalue weighted by atomic mass is 16.5. The number of H-pyrrole nitrogens is 1. The molecule has 162 valence electrons. The van der Waals surface area contributed by atoms with Crippen LogP contribution in [0.15, 0.2) is 54.6 Å². The van der Waals surface area contributed by atoms with Crippen LogP contribution >= 0.6 is 0 Å². The van der Waals surface area contributed by atoms with Crippen LogP contribution in [0.5, 0.6) is 5.75 Å². The Morgan fingerprint density at radius 2 is 1.84 bits per heavy atom. The Hall–Kier alpha value is -3.78. The second kappa shape index (κ2) is 9.82. The van der Waals surface area contributed by atoms with Crippen LogP contribution in [0, 0.1) is 6.92 Å². The molecule has 2 aromatic carbocycles. The van der Waals surface area contributed by atoms with Gasteiger partial charge in [-0.1, -0.05) is 42.0 Å². The number of rotatable bonds is 9. The molecule has 8 heteroatoms. The summed E-state index contributed by atoms with van der Waals surface area (Å²) in [5, 5.41) is 2.40. The van der Waals surface area contributed by atoms with Crippen molar-refractivity contribution in [1.29, 1.82) is 0 Å². The van der Waals surface area contributed by atoms with E-state index >= 15 is 0 Å². The lowest BCUT2D eigenvalue weighted by Gasteiger charge is -2.18. The maximum Gasteiger partial charge on any atom is 0.317 e. The van der Waals surface area contributed by atoms with Gasteiger partial charge in [-0.25, -0.2) is 4.79 Å². The smallest absolute Gasteiger partial charge is 0.317 e. The molecule has 3 amide bonds. The Balaban J connectivity index is 1.75. The van der Waals surface area contributed by atoms with Crippen molar-refractivity contribution in [2.45, 2.75) is 13.5 Å². The average molecular weight is 422 g/mol. The standard InChI is InChI=1S/C23H27N5O3/c1-15-8-9-20(31-11-10-28(2)14-16-6-4-3-5-7-16)17(12-15)19-13-18(21(24)29)22(26-19)27-23(25)30/h3-9,12-13,26H,10-11,14H2,1-2H3,(H2,24,29)(H3,25,27,30). The van der Waals surface area contributed by atoms with Crippen LogP contribution in [0.2, 0.25) is 0 Å². The highest BCUT2D eigenvalue weighted by Gasteiger charge is 2.18. The van der Waals surface area contributed by atoms with Gasteiger partial charge < -0.3 is 21.2 Å². The Kier molecular flexibility index (Phi) is 6.94. The lowest BCUT2D eigenvalue weighted by atomic mass is 10.1. The molecule has 0 spiro atoms. The number of primary amides is 2. The predicted molar refractivity (Wildman–Crippen MR) is 121 cm³/mol. The number of aromatic amines is 1. The number of urea groups is 1. The summed E-state index contributed by atoms with van der Waals surface area (Å²) in [4.78, 5) is 28.2. The van der Waals surface area contributed by atoms with Gasteiger partial charge in [0.2, 0.25) is 0 Å². The number of anilines is 1. The Bertz CT molecular complexity index is 1060. The molecule has 3 aromatic rings. The summed E-state index contributed by atoms with van der Waals surface area (Å²) in [7, 11) is 2.04. The van der Waals surface area contributed by atoms with Crippen molar-refractivity contribution >= 4 is 17.8 Å². The van der Waals surface area contributed by atoms with Gasteiger partial charge in [0, 0.05) is 18.7 Å². The maximum absolute atomic E-state index is 11.8. The number of amides is 3. The second-order valence-corrected chi connectivity index (χ2v) is 7.40. The van der Waals surface area contributed by atoms with E-state index in [2.05, 4.69) is 27.3 Å². The third-order valence-corrected chi connectivity index (χ3v) is 4.78. The molecule has 0 aliphatic rings. The fraction of sp³-hybridized carbons (Fsp3) is 0.217. The fourth-order valence-electron chi connectivity index (χ4n) is 3.28. The summed E-state index contributed by atoms with van der Waals surface area (Å²) in [5.74, 6) is 0.135. The lowest BCUT2D eigenvalue weighted by Crippen LogP contribution is -2.23. The molecule has 0 saturated heterocycles. The van der Waals surface area contributed by atoms with E-state index in [0.29, 0.717) is 18.1 Å². The van der Waals surface area contributed by atoms with Gasteiger partial charge in [-0.05, 0) is 37.7 Å². The molecule has 1 heterocycles. The van der Waals surface area contributed by atoms with Crippen molar-refractivity contribution in [1.82, 2.24) is 9.88 Å². The van der Waals surface area contributed by atoms with E-state index in [-0.39, 0.29) is 11.4 Å². The van der Waals surface area contributed by atoms with Gasteiger partial charge in [0.1, 0.15) is 18.2 Å². The van der Waals surface area contributed by atoms with Crippen molar-refractivity contribution < 1.29 is 14.3 Å². The molecule has 0 fully saturated rings. The first-order chi connectivity index (χ1) is 14.8. The van der Waals surface area contributed by atoms with Crippen molar-refractivity contribution in [3.63, 3.8) is 0 Å². The van der Waals surface area contributed by atoms with Gasteiger partial charge in [0.05, 0.1) is 11.3 Å². The molecule has 0 bridgehead atoms. The minimum absolute atomic E-state index is 0.142. The quantitative estimate of drug-likeness (QED) is 0.423. The first kappa shape index (κ1) is 21.9. The van der Waals surface area contributed by atoms with Crippen molar-refractivity contribution in [2.24, 2.45) is 11.5 Å². The van der Waals surface area contributed by atoms with Crippen LogP contribution in [-0.2, 0) is 6.54 Å². The summed E-state index contributed by atoms with van der Waals surface area (Å²) in [6.07, 6.45) is 0. The van der Waals surface area contributed by atoms with Crippen molar-refractivity contribution in [3.05, 3.63) is 71.3 Å². The summed E-state index contributed by atoms with van der Waals surface area (Å²) >= 11 is 0. The van der Waals surface area contributed by atoms with Gasteiger partial charge in [0.25, 0.3) is 5.91 Å². The summed E-state index contributed by atoms with van der Waals surface area (Å²) in [6.45, 7) is 4.00. The second-order valence-electron chi connectivity index (χ2n) is 7.40. The van der Waals surface area contributed by atoms with Crippen LogP contribution in [0.25, 0.3) is 11.3 Å². The number of likely N-dealkylation sites (N-methyl/N-ethyl adjacent to an activating group) is 1. The Morgan fingerprint density at radius 1 is 1.10 bits per heavy atom. The number of carbonyl (C=O) groups is 2. The van der Waals surface area contributed by atoms with Gasteiger partial charge in [-0.2, -0.15) is 0 Å². The van der Waals surface area contributed by atoms with Crippen molar-refractivity contribution in [3.8, 4) is 17.0 Å². The molecule has 0 aliphatic carbocycles. The number of carbonyl (C=O) groups excluding carboxylic acids is 2. The largest absolute Gasteiger partial charge is 0.492 e. The summed E-state index contributed by atoms with van der Waals surface area (Å²) in [6, 6.07) is 16.8. The van der Waals surface area contributed by atoms with E-state index < -0.39 is 11.9 Å². The zero-order valence-electron chi connectivity index (χ0n) is 17.6. The zero-order chi connectivity index (χ0) is 22.4. The number of aryl methyl sites for hydroxylation is 1. The molecule has 8 nitrogen and oxygen atoms in total. The van der Waals surface area contributed by atoms with E-state index in [4.69, 9.17) is 16.2 Å². The highest BCUT2D eigenvalue weighted by molar-refractivity contribution is 6.03. The number of hydrogen-bond donors (Lipinski definition) is 4. The Labute approximate surface area is 181 Å². The topological polar surface area (TPSA) is 126 Å². The number of nitrogens with two attached hydrogens (primary N) is 2. The molecule has 0 atom stereocenters. The van der Waals surface area contributed by atoms with Crippen LogP contribution in [0.4, 0.5) is 10.6 Å². The van der Waals surface area contributed by atoms with Crippen LogP contribution in [-0.4, -0.2) is 42.0 Å². The normalized spacial score (nSPS) is 10.8. The van der Waals surface area contributed by atoms with E-state index in [1.807, 2.05) is 50.4 Å². The molecule has 31 heavy (non-hydrogen) atoms. The first-order valence-electron chi connectivity index (χ1n) is 9.89. The third kappa shape index (κ3) is 5.86. The molecule has 0 unspecified atom stereocenters. The Morgan fingerprint density at radius 3 is 2.52 bits per heavy atom. The number of nitrogens with zero attached hydrogens (tertiary/aromatic N) is 1. The predicted octanol–water partition coefficient (Wildman–Crippen LogP) is 3.09. The lowest BCUT2D eigenvalue weighted by molar-refractivity contribution is 0.100. The first-order valence-corrected chi connectivity index (χ1v) is 9.89. The number of benzene rings is 2. The van der Waals surface area contributed by atoms with Crippen LogP contribution in [0.1, 0.15) is 21.5 Å². The summed E-state index contributed by atoms with van der Waals surface area (Å²) < 4.78 is 6.06. The molecular formula is C23H27N5O3. The van der Waals surface area contributed by atoms with E-state index in [9.17, 15) is 9.59 Å². The van der Waals surface area contributed by atoms with Gasteiger partial charge in [-0.3, -0.25) is 15.0 Å². The van der Waals surface area contributed by atoms with Crippen molar-refractivity contribution in [2.75, 3.05) is 25.5 Å². The molecule has 1 aromatic heterocycles. The van der Waals surface area contributed by atoms with Gasteiger partial charge >= 0.3 is 6.03 Å². The highest BCUT2D eigenvalue weighted by Crippen LogP contribution is 2.33. The van der Waals surface area contributed by atoms with Crippen LogP contribution < -0.4 is 21.5 Å². The SMILES string of the molecule is Cc1ccc(OCCN(C)Cc2ccccc2)c(-c2cc(C(N)=O)c(NC(N)=O)[nH]2)c1. The molecule has 3 rings (SSSR count). The average Bonchev–Trinajstić information content (AvgIpc) is 3.13. The minimum Gasteiger partial charge on any atom is -0.492 e. The molecule has 0 aliphatic heterocycles. The number of nitrogens with one attached hydrogen (secondary N) is 2. The van der Waals surface area contributed by atoms with E-state index in [1.54, 1.807) is 6.07 Å².